The lowest BCUT2D eigenvalue weighted by Gasteiger charge is -2.23. The maximum absolute atomic E-state index is 13.9. The molecule has 0 bridgehead atoms. The van der Waals surface area contributed by atoms with Crippen molar-refractivity contribution in [2.24, 2.45) is 0 Å². The molecule has 0 saturated heterocycles. The Labute approximate surface area is 236 Å². The van der Waals surface area contributed by atoms with E-state index in [1.165, 1.54) is 11.3 Å². The topological polar surface area (TPSA) is 70.6 Å². The van der Waals surface area contributed by atoms with Crippen molar-refractivity contribution in [3.63, 3.8) is 0 Å². The number of anilines is 1. The molecule has 1 heterocycles. The molecule has 206 valence electrons. The van der Waals surface area contributed by atoms with Crippen LogP contribution in [-0.4, -0.2) is 36.7 Å². The van der Waals surface area contributed by atoms with Crippen molar-refractivity contribution in [1.82, 2.24) is 9.29 Å². The average molecular weight is 564 g/mol. The Bertz CT molecular complexity index is 1510. The van der Waals surface area contributed by atoms with Gasteiger partial charge in [0.25, 0.3) is 5.91 Å². The highest BCUT2D eigenvalue weighted by Crippen LogP contribution is 2.33. The predicted molar refractivity (Wildman–Crippen MR) is 161 cm³/mol. The number of hydrogen-bond acceptors (Lipinski definition) is 5. The zero-order valence-electron chi connectivity index (χ0n) is 23.2. The first-order chi connectivity index (χ1) is 18.7. The van der Waals surface area contributed by atoms with Crippen LogP contribution < -0.4 is 4.90 Å². The van der Waals surface area contributed by atoms with Crippen LogP contribution in [0.4, 0.5) is 5.13 Å². The second-order valence-corrected chi connectivity index (χ2v) is 12.9. The molecule has 4 rings (SSSR count). The number of sulfonamides is 1. The van der Waals surface area contributed by atoms with E-state index in [4.69, 9.17) is 4.98 Å². The Hall–Kier alpha value is -3.07. The molecule has 1 amide bonds. The minimum Gasteiger partial charge on any atom is -0.279 e. The lowest BCUT2D eigenvalue weighted by atomic mass is 10.1. The molecule has 0 atom stereocenters. The van der Waals surface area contributed by atoms with Crippen LogP contribution >= 0.6 is 11.3 Å². The van der Waals surface area contributed by atoms with Crippen molar-refractivity contribution < 1.29 is 13.2 Å². The van der Waals surface area contributed by atoms with E-state index >= 15 is 0 Å². The standard InChI is InChI=1S/C31H37N3O3S2/c1-5-7-18-33(19-8-6-2)39(36,37)27-16-14-26(15-17-27)30(35)34(22-25-12-10-9-11-13-25)31-32-29-24(4)20-23(3)21-28(29)38-31/h9-17,20-21H,5-8,18-19,22H2,1-4H3. The molecule has 0 unspecified atom stereocenters. The molecule has 1 aromatic heterocycles. The van der Waals surface area contributed by atoms with E-state index in [1.807, 2.05) is 37.3 Å². The Morgan fingerprint density at radius 1 is 0.897 bits per heavy atom. The van der Waals surface area contributed by atoms with Gasteiger partial charge in [0, 0.05) is 18.7 Å². The number of aromatic nitrogens is 1. The summed E-state index contributed by atoms with van der Waals surface area (Å²) in [5.41, 5.74) is 4.53. The van der Waals surface area contributed by atoms with Gasteiger partial charge < -0.3 is 0 Å². The van der Waals surface area contributed by atoms with Gasteiger partial charge in [0.05, 0.1) is 21.7 Å². The highest BCUT2D eigenvalue weighted by Gasteiger charge is 2.26. The third-order valence-corrected chi connectivity index (χ3v) is 9.68. The van der Waals surface area contributed by atoms with Crippen LogP contribution in [0.3, 0.4) is 0 Å². The van der Waals surface area contributed by atoms with Crippen LogP contribution in [0.25, 0.3) is 10.2 Å². The van der Waals surface area contributed by atoms with E-state index in [0.29, 0.717) is 30.3 Å². The van der Waals surface area contributed by atoms with Crippen LogP contribution in [0.5, 0.6) is 0 Å². The Morgan fingerprint density at radius 3 is 2.15 bits per heavy atom. The first-order valence-electron chi connectivity index (χ1n) is 13.6. The van der Waals surface area contributed by atoms with Gasteiger partial charge in [-0.1, -0.05) is 74.4 Å². The molecule has 6 nitrogen and oxygen atoms in total. The fourth-order valence-corrected chi connectivity index (χ4v) is 7.22. The van der Waals surface area contributed by atoms with E-state index in [-0.39, 0.29) is 10.8 Å². The van der Waals surface area contributed by atoms with E-state index in [2.05, 4.69) is 32.9 Å². The minimum atomic E-state index is -3.64. The van der Waals surface area contributed by atoms with Crippen LogP contribution in [0.15, 0.2) is 71.6 Å². The average Bonchev–Trinajstić information content (AvgIpc) is 3.36. The fraction of sp³-hybridized carbons (Fsp3) is 0.355. The van der Waals surface area contributed by atoms with Gasteiger partial charge in [-0.2, -0.15) is 4.31 Å². The maximum Gasteiger partial charge on any atom is 0.260 e. The summed E-state index contributed by atoms with van der Waals surface area (Å²) >= 11 is 1.49. The number of hydrogen-bond donors (Lipinski definition) is 0. The summed E-state index contributed by atoms with van der Waals surface area (Å²) in [6.45, 7) is 9.56. The zero-order valence-corrected chi connectivity index (χ0v) is 24.8. The van der Waals surface area contributed by atoms with Crippen molar-refractivity contribution in [2.75, 3.05) is 18.0 Å². The summed E-state index contributed by atoms with van der Waals surface area (Å²) in [5, 5.41) is 0.620. The van der Waals surface area contributed by atoms with Gasteiger partial charge in [-0.3, -0.25) is 9.69 Å². The van der Waals surface area contributed by atoms with E-state index in [0.717, 1.165) is 52.6 Å². The van der Waals surface area contributed by atoms with E-state index in [1.54, 1.807) is 33.5 Å². The molecule has 39 heavy (non-hydrogen) atoms. The molecule has 0 aliphatic carbocycles. The Kier molecular flexibility index (Phi) is 9.53. The number of amides is 1. The maximum atomic E-state index is 13.9. The third kappa shape index (κ3) is 6.75. The number of benzene rings is 3. The van der Waals surface area contributed by atoms with Crippen LogP contribution in [-0.2, 0) is 16.6 Å². The van der Waals surface area contributed by atoms with Crippen LogP contribution in [0.1, 0.15) is 66.6 Å². The van der Waals surface area contributed by atoms with Gasteiger partial charge in [0.15, 0.2) is 5.13 Å². The monoisotopic (exact) mass is 563 g/mol. The number of fused-ring (bicyclic) bond motifs is 1. The fourth-order valence-electron chi connectivity index (χ4n) is 4.56. The summed E-state index contributed by atoms with van der Waals surface area (Å²) in [5.74, 6) is -0.218. The number of nitrogens with zero attached hydrogens (tertiary/aromatic N) is 3. The molecule has 0 aliphatic heterocycles. The van der Waals surface area contributed by atoms with Crippen LogP contribution in [0.2, 0.25) is 0 Å². The Balaban J connectivity index is 1.67. The highest BCUT2D eigenvalue weighted by atomic mass is 32.2. The first kappa shape index (κ1) is 28.9. The highest BCUT2D eigenvalue weighted by molar-refractivity contribution is 7.89. The summed E-state index contributed by atoms with van der Waals surface area (Å²) in [7, 11) is -3.64. The molecule has 0 aliphatic rings. The minimum absolute atomic E-state index is 0.215. The normalized spacial score (nSPS) is 11.8. The Morgan fingerprint density at radius 2 is 1.54 bits per heavy atom. The summed E-state index contributed by atoms with van der Waals surface area (Å²) in [4.78, 5) is 20.6. The van der Waals surface area contributed by atoms with Gasteiger partial charge in [0.1, 0.15) is 0 Å². The van der Waals surface area contributed by atoms with Crippen molar-refractivity contribution in [3.05, 3.63) is 89.0 Å². The van der Waals surface area contributed by atoms with Gasteiger partial charge in [-0.05, 0) is 73.7 Å². The molecule has 8 heteroatoms. The molecular formula is C31H37N3O3S2. The second-order valence-electron chi connectivity index (χ2n) is 9.94. The number of rotatable bonds is 12. The molecule has 0 fully saturated rings. The predicted octanol–water partition coefficient (Wildman–Crippen LogP) is 7.35. The zero-order chi connectivity index (χ0) is 28.0. The van der Waals surface area contributed by atoms with Gasteiger partial charge in [-0.15, -0.1) is 0 Å². The lowest BCUT2D eigenvalue weighted by Crippen LogP contribution is -2.33. The largest absolute Gasteiger partial charge is 0.279 e. The summed E-state index contributed by atoms with van der Waals surface area (Å²) in [6, 6.07) is 20.4. The number of carbonyl (C=O) groups excluding carboxylic acids is 1. The summed E-state index contributed by atoms with van der Waals surface area (Å²) < 4.78 is 29.4. The molecule has 0 saturated carbocycles. The van der Waals surface area contributed by atoms with Gasteiger partial charge in [-0.25, -0.2) is 13.4 Å². The smallest absolute Gasteiger partial charge is 0.260 e. The number of unbranched alkanes of at least 4 members (excludes halogenated alkanes) is 2. The van der Waals surface area contributed by atoms with Crippen molar-refractivity contribution in [2.45, 2.75) is 64.8 Å². The lowest BCUT2D eigenvalue weighted by molar-refractivity contribution is 0.0985. The van der Waals surface area contributed by atoms with Gasteiger partial charge >= 0.3 is 0 Å². The number of carbonyl (C=O) groups is 1. The first-order valence-corrected chi connectivity index (χ1v) is 15.8. The SMILES string of the molecule is CCCCN(CCCC)S(=O)(=O)c1ccc(C(=O)N(Cc2ccccc2)c2nc3c(C)cc(C)cc3s2)cc1. The molecule has 0 radical (unpaired) electrons. The molecule has 3 aromatic carbocycles. The number of aryl methyl sites for hydroxylation is 2. The quantitative estimate of drug-likeness (QED) is 0.181. The molecule has 4 aromatic rings. The molecular weight excluding hydrogens is 526 g/mol. The van der Waals surface area contributed by atoms with Crippen molar-refractivity contribution >= 4 is 42.6 Å². The second kappa shape index (κ2) is 12.9. The van der Waals surface area contributed by atoms with Crippen molar-refractivity contribution in [1.29, 1.82) is 0 Å². The van der Waals surface area contributed by atoms with Crippen molar-refractivity contribution in [3.8, 4) is 0 Å². The van der Waals surface area contributed by atoms with Gasteiger partial charge in [0.2, 0.25) is 10.0 Å². The molecule has 0 spiro atoms. The van der Waals surface area contributed by atoms with Crippen LogP contribution in [0, 0.1) is 13.8 Å². The third-order valence-electron chi connectivity index (χ3n) is 6.74. The van der Waals surface area contributed by atoms with E-state index in [9.17, 15) is 13.2 Å². The summed E-state index contributed by atoms with van der Waals surface area (Å²) in [6.07, 6.45) is 3.48. The molecule has 0 N–H and O–H groups in total. The number of thiazole rings is 1. The van der Waals surface area contributed by atoms with E-state index < -0.39 is 10.0 Å².